The van der Waals surface area contributed by atoms with Crippen LogP contribution in [0.1, 0.15) is 16.7 Å². The molecule has 8 nitrogen and oxygen atoms in total. The van der Waals surface area contributed by atoms with Gasteiger partial charge in [-0.25, -0.2) is 4.79 Å². The van der Waals surface area contributed by atoms with Gasteiger partial charge >= 0.3 is 5.69 Å². The number of aromatic nitrogens is 2. The Kier molecular flexibility index (Phi) is 8.96. The molecule has 33 heavy (non-hydrogen) atoms. The zero-order valence-corrected chi connectivity index (χ0v) is 19.8. The molecule has 1 heterocycles. The van der Waals surface area contributed by atoms with E-state index in [1.165, 1.54) is 0 Å². The fourth-order valence-electron chi connectivity index (χ4n) is 3.34. The van der Waals surface area contributed by atoms with Crippen molar-refractivity contribution >= 4 is 29.0 Å². The predicted octanol–water partition coefficient (Wildman–Crippen LogP) is 2.45. The van der Waals surface area contributed by atoms with Crippen LogP contribution >= 0.6 is 23.2 Å². The molecule has 0 aliphatic carbocycles. The molecule has 2 aromatic carbocycles. The first-order chi connectivity index (χ1) is 15.9. The molecule has 3 rings (SSSR count). The minimum atomic E-state index is -0.512. The molecule has 1 aromatic heterocycles. The molecule has 0 aliphatic rings. The lowest BCUT2D eigenvalue weighted by atomic mass is 10.1. The highest BCUT2D eigenvalue weighted by Crippen LogP contribution is 2.23. The van der Waals surface area contributed by atoms with E-state index >= 15 is 0 Å². The number of anilines is 1. The summed E-state index contributed by atoms with van der Waals surface area (Å²) in [5, 5.41) is 7.11. The first kappa shape index (κ1) is 24.9. The number of halogens is 2. The van der Waals surface area contributed by atoms with Crippen molar-refractivity contribution in [3.05, 3.63) is 90.0 Å². The molecule has 0 bridgehead atoms. The lowest BCUT2D eigenvalue weighted by molar-refractivity contribution is 0.414. The van der Waals surface area contributed by atoms with Crippen LogP contribution in [0, 0.1) is 0 Å². The van der Waals surface area contributed by atoms with Gasteiger partial charge in [-0.2, -0.15) is 0 Å². The summed E-state index contributed by atoms with van der Waals surface area (Å²) >= 11 is 12.1. The second kappa shape index (κ2) is 11.9. The van der Waals surface area contributed by atoms with Gasteiger partial charge in [-0.1, -0.05) is 41.4 Å². The van der Waals surface area contributed by atoms with Gasteiger partial charge in [0.15, 0.2) is 0 Å². The number of nitrogens with zero attached hydrogens (tertiary/aromatic N) is 1. The van der Waals surface area contributed by atoms with Crippen LogP contribution in [0.15, 0.2) is 52.1 Å². The van der Waals surface area contributed by atoms with Gasteiger partial charge in [0, 0.05) is 32.6 Å². The lowest BCUT2D eigenvalue weighted by Crippen LogP contribution is -2.39. The number of nitrogens with one attached hydrogen (secondary N) is 3. The van der Waals surface area contributed by atoms with Gasteiger partial charge < -0.3 is 21.1 Å². The molecule has 0 spiro atoms. The monoisotopic (exact) mass is 491 g/mol. The third kappa shape index (κ3) is 6.61. The molecular formula is C23H27Cl2N5O3. The minimum Gasteiger partial charge on any atom is -0.497 e. The molecule has 3 aromatic rings. The molecule has 0 atom stereocenters. The predicted molar refractivity (Wildman–Crippen MR) is 133 cm³/mol. The topological polar surface area (TPSA) is 114 Å². The number of hydrogen-bond donors (Lipinski definition) is 4. The van der Waals surface area contributed by atoms with Crippen molar-refractivity contribution in [1.29, 1.82) is 0 Å². The molecule has 5 N–H and O–H groups in total. The molecule has 0 saturated carbocycles. The Bertz CT molecular complexity index is 1190. The van der Waals surface area contributed by atoms with E-state index in [1.807, 2.05) is 24.3 Å². The van der Waals surface area contributed by atoms with E-state index in [0.29, 0.717) is 59.6 Å². The fourth-order valence-corrected chi connectivity index (χ4v) is 3.66. The number of hydrogen-bond acceptors (Lipinski definition) is 6. The maximum absolute atomic E-state index is 13.4. The van der Waals surface area contributed by atoms with Crippen LogP contribution in [-0.2, 0) is 13.0 Å². The molecule has 0 unspecified atom stereocenters. The highest BCUT2D eigenvalue weighted by atomic mass is 35.5. The van der Waals surface area contributed by atoms with Crippen LogP contribution in [0.4, 0.5) is 5.82 Å². The lowest BCUT2D eigenvalue weighted by Gasteiger charge is -2.15. The van der Waals surface area contributed by atoms with E-state index in [0.717, 1.165) is 15.9 Å². The zero-order valence-electron chi connectivity index (χ0n) is 18.3. The maximum Gasteiger partial charge on any atom is 0.330 e. The third-order valence-electron chi connectivity index (χ3n) is 5.07. The molecule has 176 valence electrons. The first-order valence-corrected chi connectivity index (χ1v) is 11.3. The fraction of sp³-hybridized carbons (Fsp3) is 0.304. The van der Waals surface area contributed by atoms with Crippen LogP contribution in [-0.4, -0.2) is 42.8 Å². The van der Waals surface area contributed by atoms with Crippen molar-refractivity contribution in [2.45, 2.75) is 13.0 Å². The first-order valence-electron chi connectivity index (χ1n) is 10.5. The summed E-state index contributed by atoms with van der Waals surface area (Å²) < 4.78 is 6.37. The quantitative estimate of drug-likeness (QED) is 0.306. The Balaban J connectivity index is 1.95. The number of rotatable bonds is 11. The highest BCUT2D eigenvalue weighted by Gasteiger charge is 2.15. The number of nitrogens with two attached hydrogens (primary N) is 1. The summed E-state index contributed by atoms with van der Waals surface area (Å²) in [7, 11) is 1.60. The van der Waals surface area contributed by atoms with Crippen molar-refractivity contribution in [2.24, 2.45) is 5.73 Å². The van der Waals surface area contributed by atoms with Crippen LogP contribution in [0.25, 0.3) is 0 Å². The second-order valence-corrected chi connectivity index (χ2v) is 8.23. The van der Waals surface area contributed by atoms with E-state index in [9.17, 15) is 9.59 Å². The van der Waals surface area contributed by atoms with Gasteiger partial charge in [0.25, 0.3) is 5.56 Å². The van der Waals surface area contributed by atoms with E-state index < -0.39 is 5.69 Å². The van der Waals surface area contributed by atoms with Gasteiger partial charge in [-0.15, -0.1) is 0 Å². The van der Waals surface area contributed by atoms with Crippen molar-refractivity contribution in [2.75, 3.05) is 38.6 Å². The summed E-state index contributed by atoms with van der Waals surface area (Å²) in [4.78, 5) is 29.0. The number of aromatic amines is 1. The SMILES string of the molecule is COc1ccc(Cc2c(NCCNCCN)[nH]c(=O)n(Cc3ccc(Cl)c(Cl)c3)c2=O)cc1. The van der Waals surface area contributed by atoms with Gasteiger partial charge in [-0.05, 0) is 35.4 Å². The number of H-pyrrole nitrogens is 1. The summed E-state index contributed by atoms with van der Waals surface area (Å²) in [6.45, 7) is 2.43. The minimum absolute atomic E-state index is 0.0685. The third-order valence-corrected chi connectivity index (χ3v) is 5.81. The number of methoxy groups -OCH3 is 1. The molecule has 0 saturated heterocycles. The van der Waals surface area contributed by atoms with Gasteiger partial charge in [0.1, 0.15) is 11.6 Å². The molecular weight excluding hydrogens is 465 g/mol. The van der Waals surface area contributed by atoms with Crippen LogP contribution in [0.2, 0.25) is 10.0 Å². The van der Waals surface area contributed by atoms with E-state index in [2.05, 4.69) is 15.6 Å². The average Bonchev–Trinajstić information content (AvgIpc) is 2.81. The van der Waals surface area contributed by atoms with Gasteiger partial charge in [-0.3, -0.25) is 14.3 Å². The normalized spacial score (nSPS) is 10.9. The van der Waals surface area contributed by atoms with Crippen LogP contribution in [0.3, 0.4) is 0 Å². The van der Waals surface area contributed by atoms with E-state index in [1.54, 1.807) is 25.3 Å². The van der Waals surface area contributed by atoms with Crippen molar-refractivity contribution in [1.82, 2.24) is 14.9 Å². The summed E-state index contributed by atoms with van der Waals surface area (Å²) in [5.41, 5.74) is 6.66. The molecule has 0 fully saturated rings. The largest absolute Gasteiger partial charge is 0.497 e. The van der Waals surface area contributed by atoms with E-state index in [-0.39, 0.29) is 12.1 Å². The Hall–Kier alpha value is -2.78. The van der Waals surface area contributed by atoms with Crippen molar-refractivity contribution in [3.8, 4) is 5.75 Å². The van der Waals surface area contributed by atoms with Gasteiger partial charge in [0.05, 0.1) is 29.3 Å². The standard InChI is InChI=1S/C23H27Cl2N5O3/c1-33-17-5-2-15(3-6-17)12-18-21(28-11-10-27-9-8-26)29-23(32)30(22(18)31)14-16-4-7-19(24)20(25)13-16/h2-7,13,27-28H,8-12,14,26H2,1H3,(H,29,32). The average molecular weight is 492 g/mol. The highest BCUT2D eigenvalue weighted by molar-refractivity contribution is 6.42. The molecule has 0 aliphatic heterocycles. The van der Waals surface area contributed by atoms with Gasteiger partial charge in [0.2, 0.25) is 0 Å². The number of ether oxygens (including phenoxy) is 1. The zero-order chi connectivity index (χ0) is 23.8. The molecule has 0 amide bonds. The summed E-state index contributed by atoms with van der Waals surface area (Å²) in [5.74, 6) is 1.13. The van der Waals surface area contributed by atoms with Crippen LogP contribution < -0.4 is 32.4 Å². The molecule has 10 heteroatoms. The van der Waals surface area contributed by atoms with E-state index in [4.69, 9.17) is 33.7 Å². The Morgan fingerprint density at radius 2 is 1.73 bits per heavy atom. The number of benzene rings is 2. The van der Waals surface area contributed by atoms with Crippen LogP contribution in [0.5, 0.6) is 5.75 Å². The smallest absolute Gasteiger partial charge is 0.330 e. The Morgan fingerprint density at radius 3 is 2.39 bits per heavy atom. The Labute approximate surface area is 201 Å². The summed E-state index contributed by atoms with van der Waals surface area (Å²) in [6.07, 6.45) is 0.333. The maximum atomic E-state index is 13.4. The summed E-state index contributed by atoms with van der Waals surface area (Å²) in [6, 6.07) is 12.5. The second-order valence-electron chi connectivity index (χ2n) is 7.41. The molecule has 0 radical (unpaired) electrons. The Morgan fingerprint density at radius 1 is 1.00 bits per heavy atom. The van der Waals surface area contributed by atoms with Crippen molar-refractivity contribution < 1.29 is 4.74 Å². The van der Waals surface area contributed by atoms with Crippen molar-refractivity contribution in [3.63, 3.8) is 0 Å².